The Morgan fingerprint density at radius 1 is 1.24 bits per heavy atom. The zero-order valence-electron chi connectivity index (χ0n) is 20.1. The van der Waals surface area contributed by atoms with E-state index < -0.39 is 35.5 Å². The average Bonchev–Trinajstić information content (AvgIpc) is 3.62. The number of aryl methyl sites for hydroxylation is 1. The molecule has 0 amide bonds. The minimum Gasteiger partial charge on any atom is -0.394 e. The number of hydrogen-bond acceptors (Lipinski definition) is 14. The van der Waals surface area contributed by atoms with E-state index in [-0.39, 0.29) is 41.0 Å². The number of rotatable bonds is 9. The normalized spacial score (nSPS) is 22.1. The van der Waals surface area contributed by atoms with Crippen molar-refractivity contribution in [3.05, 3.63) is 52.1 Å². The summed E-state index contributed by atoms with van der Waals surface area (Å²) in [4.78, 5) is 24.6. The number of benzene rings is 1. The van der Waals surface area contributed by atoms with Gasteiger partial charge in [0.1, 0.15) is 17.7 Å². The minimum atomic E-state index is -1.37. The van der Waals surface area contributed by atoms with Gasteiger partial charge < -0.3 is 31.1 Å². The number of ether oxygens (including phenoxy) is 1. The van der Waals surface area contributed by atoms with Crippen molar-refractivity contribution in [2.75, 3.05) is 17.7 Å². The fourth-order valence-electron chi connectivity index (χ4n) is 4.18. The summed E-state index contributed by atoms with van der Waals surface area (Å²) in [7, 11) is 0. The van der Waals surface area contributed by atoms with Crippen molar-refractivity contribution in [3.63, 3.8) is 0 Å². The molecule has 1 aliphatic heterocycles. The van der Waals surface area contributed by atoms with Crippen LogP contribution in [0.5, 0.6) is 0 Å². The monoisotopic (exact) mass is 527 g/mol. The molecule has 200 valence electrons. The van der Waals surface area contributed by atoms with E-state index in [1.54, 1.807) is 12.1 Å². The molecule has 17 heteroatoms. The number of nitrogens with zero attached hydrogens (tertiary/aromatic N) is 9. The van der Waals surface area contributed by atoms with E-state index in [0.717, 1.165) is 5.56 Å². The number of anilines is 2. The fraction of sp³-hybridized carbons (Fsp3) is 0.429. The molecule has 0 bridgehead atoms. The van der Waals surface area contributed by atoms with Gasteiger partial charge in [0, 0.05) is 12.1 Å². The first-order chi connectivity index (χ1) is 18.3. The van der Waals surface area contributed by atoms with Crippen LogP contribution in [0.25, 0.3) is 11.2 Å². The first-order valence-corrected chi connectivity index (χ1v) is 11.7. The van der Waals surface area contributed by atoms with E-state index in [1.807, 2.05) is 6.92 Å². The number of aliphatic hydroxyl groups is 3. The third kappa shape index (κ3) is 4.70. The number of aromatic nitrogens is 8. The second kappa shape index (κ2) is 10.2. The Kier molecular flexibility index (Phi) is 6.81. The number of nitrogens with two attached hydrogens (primary N) is 1. The maximum atomic E-state index is 10.9. The van der Waals surface area contributed by atoms with Crippen molar-refractivity contribution in [1.29, 1.82) is 0 Å². The standard InChI is InChI=1S/C21H25N11O6/c1-2-31-28-18(27-29-31)16-14(34)15(35)20(38-16)30-9-23-13-17(22)25-21(26-19(13)30)24-11(8-33)7-10-3-5-12(6-4-10)32(36)37/h3-6,9,11,14-16,20,33-35H,2,7-8H2,1H3,(H3,22,24,25,26)/t11-,14-,15+,16-,20+/m0/s1. The lowest BCUT2D eigenvalue weighted by Gasteiger charge is -2.18. The van der Waals surface area contributed by atoms with Crippen LogP contribution < -0.4 is 11.1 Å². The van der Waals surface area contributed by atoms with Crippen LogP contribution in [-0.4, -0.2) is 84.8 Å². The van der Waals surface area contributed by atoms with Gasteiger partial charge in [-0.15, -0.1) is 10.2 Å². The summed E-state index contributed by atoms with van der Waals surface area (Å²) >= 11 is 0. The molecule has 1 aromatic carbocycles. The van der Waals surface area contributed by atoms with E-state index in [0.29, 0.717) is 13.0 Å². The molecule has 0 radical (unpaired) electrons. The number of nitro benzene ring substituents is 1. The smallest absolute Gasteiger partial charge is 0.269 e. The molecule has 17 nitrogen and oxygen atoms in total. The van der Waals surface area contributed by atoms with Gasteiger partial charge in [-0.1, -0.05) is 12.1 Å². The largest absolute Gasteiger partial charge is 0.394 e. The molecule has 0 unspecified atom stereocenters. The molecular weight excluding hydrogens is 502 g/mol. The summed E-state index contributed by atoms with van der Waals surface area (Å²) in [5.74, 6) is 0.245. The van der Waals surface area contributed by atoms with E-state index in [2.05, 4.69) is 35.7 Å². The van der Waals surface area contributed by atoms with Crippen LogP contribution in [0.15, 0.2) is 30.6 Å². The molecular formula is C21H25N11O6. The van der Waals surface area contributed by atoms with Crippen molar-refractivity contribution in [2.24, 2.45) is 0 Å². The van der Waals surface area contributed by atoms with Gasteiger partial charge in [0.05, 0.1) is 30.4 Å². The van der Waals surface area contributed by atoms with Crippen molar-refractivity contribution in [1.82, 2.24) is 39.7 Å². The zero-order chi connectivity index (χ0) is 27.0. The van der Waals surface area contributed by atoms with Crippen LogP contribution in [-0.2, 0) is 17.7 Å². The molecule has 1 aliphatic rings. The molecule has 5 atom stereocenters. The predicted molar refractivity (Wildman–Crippen MR) is 129 cm³/mol. The van der Waals surface area contributed by atoms with Gasteiger partial charge in [-0.05, 0) is 24.1 Å². The molecule has 0 spiro atoms. The highest BCUT2D eigenvalue weighted by Crippen LogP contribution is 2.38. The van der Waals surface area contributed by atoms with Crippen LogP contribution >= 0.6 is 0 Å². The number of nitrogen functional groups attached to an aromatic ring is 1. The number of non-ortho nitro benzene ring substituents is 1. The first-order valence-electron chi connectivity index (χ1n) is 11.7. The molecule has 0 aliphatic carbocycles. The van der Waals surface area contributed by atoms with Crippen LogP contribution in [0.3, 0.4) is 0 Å². The molecule has 38 heavy (non-hydrogen) atoms. The van der Waals surface area contributed by atoms with Gasteiger partial charge in [0.25, 0.3) is 5.69 Å². The van der Waals surface area contributed by atoms with E-state index in [1.165, 1.54) is 27.8 Å². The van der Waals surface area contributed by atoms with Gasteiger partial charge in [-0.25, -0.2) is 4.98 Å². The van der Waals surface area contributed by atoms with E-state index >= 15 is 0 Å². The van der Waals surface area contributed by atoms with Crippen molar-refractivity contribution in [3.8, 4) is 0 Å². The van der Waals surface area contributed by atoms with E-state index in [9.17, 15) is 25.4 Å². The lowest BCUT2D eigenvalue weighted by molar-refractivity contribution is -0.384. The summed E-state index contributed by atoms with van der Waals surface area (Å²) in [5, 5.41) is 57.1. The summed E-state index contributed by atoms with van der Waals surface area (Å²) in [6.45, 7) is 2.01. The summed E-state index contributed by atoms with van der Waals surface area (Å²) < 4.78 is 7.32. The molecule has 1 fully saturated rings. The molecule has 1 saturated heterocycles. The Labute approximate surface area is 214 Å². The third-order valence-corrected chi connectivity index (χ3v) is 6.15. The molecule has 0 saturated carbocycles. The SMILES string of the molecule is CCn1nnc([C@H]2O[C@@H](n3cnc4c(N)nc(N[C@H](CO)Cc5ccc([N+](=O)[O-])cc5)nc43)[C@H](O)[C@@H]2O)n1. The number of hydrogen-bond donors (Lipinski definition) is 5. The Hall–Kier alpha value is -4.32. The Morgan fingerprint density at radius 2 is 2.00 bits per heavy atom. The topological polar surface area (TPSA) is 238 Å². The Balaban J connectivity index is 1.38. The third-order valence-electron chi connectivity index (χ3n) is 6.15. The molecule has 4 heterocycles. The number of tetrazole rings is 1. The zero-order valence-corrected chi connectivity index (χ0v) is 20.1. The second-order valence-electron chi connectivity index (χ2n) is 8.67. The molecule has 5 rings (SSSR count). The Bertz CT molecular complexity index is 1440. The highest BCUT2D eigenvalue weighted by molar-refractivity contribution is 5.83. The predicted octanol–water partition coefficient (Wildman–Crippen LogP) is -0.669. The molecule has 4 aromatic rings. The highest BCUT2D eigenvalue weighted by Gasteiger charge is 2.47. The fourth-order valence-corrected chi connectivity index (χ4v) is 4.18. The summed E-state index contributed by atoms with van der Waals surface area (Å²) in [6, 6.07) is 5.43. The Morgan fingerprint density at radius 3 is 2.66 bits per heavy atom. The number of aliphatic hydroxyl groups excluding tert-OH is 3. The molecule has 6 N–H and O–H groups in total. The minimum absolute atomic E-state index is 0.0356. The first kappa shape index (κ1) is 25.3. The van der Waals surface area contributed by atoms with Gasteiger partial charge in [-0.2, -0.15) is 14.8 Å². The van der Waals surface area contributed by atoms with Gasteiger partial charge in [0.15, 0.2) is 23.8 Å². The van der Waals surface area contributed by atoms with Crippen LogP contribution in [0, 0.1) is 10.1 Å². The summed E-state index contributed by atoms with van der Waals surface area (Å²) in [5.41, 5.74) is 7.28. The number of nitrogens with one attached hydrogen (secondary N) is 1. The van der Waals surface area contributed by atoms with Gasteiger partial charge in [-0.3, -0.25) is 14.7 Å². The van der Waals surface area contributed by atoms with Crippen molar-refractivity contribution in [2.45, 2.75) is 50.5 Å². The maximum absolute atomic E-state index is 10.9. The average molecular weight is 528 g/mol. The van der Waals surface area contributed by atoms with Crippen LogP contribution in [0.1, 0.15) is 30.6 Å². The number of nitro groups is 1. The number of imidazole rings is 1. The van der Waals surface area contributed by atoms with Gasteiger partial charge >= 0.3 is 0 Å². The van der Waals surface area contributed by atoms with Crippen LogP contribution in [0.4, 0.5) is 17.5 Å². The van der Waals surface area contributed by atoms with E-state index in [4.69, 9.17) is 10.5 Å². The number of fused-ring (bicyclic) bond motifs is 1. The van der Waals surface area contributed by atoms with Crippen molar-refractivity contribution >= 4 is 28.6 Å². The second-order valence-corrected chi connectivity index (χ2v) is 8.67. The lowest BCUT2D eigenvalue weighted by Crippen LogP contribution is -2.29. The quantitative estimate of drug-likeness (QED) is 0.134. The maximum Gasteiger partial charge on any atom is 0.269 e. The molecule has 3 aromatic heterocycles. The van der Waals surface area contributed by atoms with Gasteiger partial charge in [0.2, 0.25) is 11.8 Å². The lowest BCUT2D eigenvalue weighted by atomic mass is 10.1. The highest BCUT2D eigenvalue weighted by atomic mass is 16.6. The summed E-state index contributed by atoms with van der Waals surface area (Å²) in [6.07, 6.45) is -3.16. The van der Waals surface area contributed by atoms with Crippen LogP contribution in [0.2, 0.25) is 0 Å². The van der Waals surface area contributed by atoms with Crippen molar-refractivity contribution < 1.29 is 25.0 Å².